The zero-order valence-corrected chi connectivity index (χ0v) is 6.97. The second-order valence-corrected chi connectivity index (χ2v) is 2.59. The summed E-state index contributed by atoms with van der Waals surface area (Å²) in [4.78, 5) is 10.2. The van der Waals surface area contributed by atoms with Crippen LogP contribution in [0.3, 0.4) is 0 Å². The first-order valence-corrected chi connectivity index (χ1v) is 3.39. The van der Waals surface area contributed by atoms with Gasteiger partial charge >= 0.3 is 0 Å². The zero-order chi connectivity index (χ0) is 7.98. The summed E-state index contributed by atoms with van der Waals surface area (Å²) in [5, 5.41) is 0. The first-order chi connectivity index (χ1) is 4.70. The molecule has 0 saturated carbocycles. The van der Waals surface area contributed by atoms with Crippen molar-refractivity contribution in [1.82, 2.24) is 0 Å². The molecule has 0 radical (unpaired) electrons. The Morgan fingerprint density at radius 2 is 2.20 bits per heavy atom. The van der Waals surface area contributed by atoms with E-state index in [0.29, 0.717) is 16.3 Å². The Hall–Kier alpha value is -0.830. The molecule has 0 aromatic carbocycles. The standard InChI is InChI=1S/C7H8BrNO/c1-6(8)4-7(5-10)2-3-9/h2-5H,1,9H2/b3-2-,7-4+. The van der Waals surface area contributed by atoms with Crippen LogP contribution >= 0.6 is 15.9 Å². The highest BCUT2D eigenvalue weighted by Gasteiger charge is 1.86. The quantitative estimate of drug-likeness (QED) is 0.428. The number of carbonyl (C=O) groups is 1. The van der Waals surface area contributed by atoms with Crippen molar-refractivity contribution in [1.29, 1.82) is 0 Å². The molecule has 0 aromatic heterocycles. The van der Waals surface area contributed by atoms with Crippen LogP contribution in [0.25, 0.3) is 0 Å². The van der Waals surface area contributed by atoms with E-state index < -0.39 is 0 Å². The normalized spacial score (nSPS) is 11.9. The van der Waals surface area contributed by atoms with E-state index in [1.54, 1.807) is 6.08 Å². The summed E-state index contributed by atoms with van der Waals surface area (Å²) in [7, 11) is 0. The van der Waals surface area contributed by atoms with Gasteiger partial charge in [-0.05, 0) is 18.4 Å². The average molecular weight is 202 g/mol. The highest BCUT2D eigenvalue weighted by Crippen LogP contribution is 2.05. The number of hydrogen-bond acceptors (Lipinski definition) is 2. The predicted octanol–water partition coefficient (Wildman–Crippen LogP) is 1.49. The van der Waals surface area contributed by atoms with E-state index in [2.05, 4.69) is 22.5 Å². The van der Waals surface area contributed by atoms with Gasteiger partial charge in [0.1, 0.15) is 6.29 Å². The Morgan fingerprint density at radius 3 is 2.50 bits per heavy atom. The SMILES string of the molecule is C=C(Br)/C=C(C=O)\C=C/N. The molecule has 54 valence electrons. The van der Waals surface area contributed by atoms with Crippen LogP contribution in [0.2, 0.25) is 0 Å². The summed E-state index contributed by atoms with van der Waals surface area (Å²) in [6.45, 7) is 3.53. The minimum absolute atomic E-state index is 0.490. The maximum Gasteiger partial charge on any atom is 0.150 e. The number of carbonyl (C=O) groups excluding carboxylic acids is 1. The largest absolute Gasteiger partial charge is 0.405 e. The fourth-order valence-corrected chi connectivity index (χ4v) is 0.678. The summed E-state index contributed by atoms with van der Waals surface area (Å²) in [6.07, 6.45) is 5.09. The lowest BCUT2D eigenvalue weighted by atomic mass is 10.3. The molecule has 0 saturated heterocycles. The molecule has 0 rings (SSSR count). The molecule has 0 aromatic rings. The van der Waals surface area contributed by atoms with Gasteiger partial charge in [0, 0.05) is 10.1 Å². The Balaban J connectivity index is 4.33. The maximum atomic E-state index is 10.2. The molecule has 0 amide bonds. The Morgan fingerprint density at radius 1 is 1.60 bits per heavy atom. The van der Waals surface area contributed by atoms with Crippen LogP contribution in [0.5, 0.6) is 0 Å². The van der Waals surface area contributed by atoms with Crippen LogP contribution in [0.1, 0.15) is 0 Å². The molecule has 2 N–H and O–H groups in total. The summed E-state index contributed by atoms with van der Waals surface area (Å²) in [6, 6.07) is 0. The van der Waals surface area contributed by atoms with Crippen LogP contribution in [0.15, 0.2) is 35.0 Å². The van der Waals surface area contributed by atoms with Gasteiger partial charge in [-0.25, -0.2) is 0 Å². The second-order valence-electron chi connectivity index (χ2n) is 1.57. The minimum Gasteiger partial charge on any atom is -0.405 e. The van der Waals surface area contributed by atoms with Gasteiger partial charge in [-0.15, -0.1) is 0 Å². The van der Waals surface area contributed by atoms with Gasteiger partial charge in [-0.1, -0.05) is 22.5 Å². The minimum atomic E-state index is 0.490. The van der Waals surface area contributed by atoms with E-state index >= 15 is 0 Å². The fraction of sp³-hybridized carbons (Fsp3) is 0. The summed E-state index contributed by atoms with van der Waals surface area (Å²) >= 11 is 3.08. The Bertz CT molecular complexity index is 194. The topological polar surface area (TPSA) is 43.1 Å². The number of nitrogens with two attached hydrogens (primary N) is 1. The third-order valence-electron chi connectivity index (χ3n) is 0.748. The van der Waals surface area contributed by atoms with Gasteiger partial charge in [0.25, 0.3) is 0 Å². The van der Waals surface area contributed by atoms with Gasteiger partial charge < -0.3 is 5.73 Å². The molecule has 0 fully saturated rings. The third-order valence-corrected chi connectivity index (χ3v) is 0.977. The molecule has 3 heteroatoms. The predicted molar refractivity (Wildman–Crippen MR) is 45.5 cm³/mol. The summed E-state index contributed by atoms with van der Waals surface area (Å²) in [5.41, 5.74) is 5.55. The van der Waals surface area contributed by atoms with E-state index in [4.69, 9.17) is 5.73 Å². The number of hydrogen-bond donors (Lipinski definition) is 1. The Kier molecular flexibility index (Phi) is 4.58. The lowest BCUT2D eigenvalue weighted by Crippen LogP contribution is -1.82. The molecule has 0 heterocycles. The average Bonchev–Trinajstić information content (AvgIpc) is 1.86. The monoisotopic (exact) mass is 201 g/mol. The van der Waals surface area contributed by atoms with Crippen LogP contribution in [0, 0.1) is 0 Å². The van der Waals surface area contributed by atoms with Crippen LogP contribution in [0.4, 0.5) is 0 Å². The molecule has 10 heavy (non-hydrogen) atoms. The van der Waals surface area contributed by atoms with Crippen LogP contribution in [-0.4, -0.2) is 6.29 Å². The van der Waals surface area contributed by atoms with Gasteiger partial charge in [-0.3, -0.25) is 4.79 Å². The van der Waals surface area contributed by atoms with Gasteiger partial charge in [0.05, 0.1) is 0 Å². The van der Waals surface area contributed by atoms with Crippen LogP contribution < -0.4 is 5.73 Å². The first kappa shape index (κ1) is 9.17. The lowest BCUT2D eigenvalue weighted by molar-refractivity contribution is -0.104. The molecule has 0 bridgehead atoms. The van der Waals surface area contributed by atoms with Crippen molar-refractivity contribution in [3.8, 4) is 0 Å². The molecule has 2 nitrogen and oxygen atoms in total. The highest BCUT2D eigenvalue weighted by atomic mass is 79.9. The smallest absolute Gasteiger partial charge is 0.150 e. The Labute approximate surface area is 68.2 Å². The van der Waals surface area contributed by atoms with E-state index in [1.165, 1.54) is 12.3 Å². The van der Waals surface area contributed by atoms with Gasteiger partial charge in [0.2, 0.25) is 0 Å². The van der Waals surface area contributed by atoms with Crippen molar-refractivity contribution in [3.05, 3.63) is 35.0 Å². The zero-order valence-electron chi connectivity index (χ0n) is 5.38. The first-order valence-electron chi connectivity index (χ1n) is 2.60. The number of rotatable bonds is 3. The molecule has 0 unspecified atom stereocenters. The molecular weight excluding hydrogens is 194 g/mol. The second kappa shape index (κ2) is 4.99. The van der Waals surface area contributed by atoms with E-state index in [1.807, 2.05) is 0 Å². The highest BCUT2D eigenvalue weighted by molar-refractivity contribution is 9.11. The molecular formula is C7H8BrNO. The third kappa shape index (κ3) is 4.09. The maximum absolute atomic E-state index is 10.2. The van der Waals surface area contributed by atoms with Crippen molar-refractivity contribution < 1.29 is 4.79 Å². The number of allylic oxidation sites excluding steroid dienone is 4. The summed E-state index contributed by atoms with van der Waals surface area (Å²) < 4.78 is 0.646. The van der Waals surface area contributed by atoms with Crippen molar-refractivity contribution in [3.63, 3.8) is 0 Å². The molecule has 0 atom stereocenters. The van der Waals surface area contributed by atoms with E-state index in [0.717, 1.165) is 0 Å². The van der Waals surface area contributed by atoms with Gasteiger partial charge in [0.15, 0.2) is 0 Å². The summed E-state index contributed by atoms with van der Waals surface area (Å²) in [5.74, 6) is 0. The number of halogens is 1. The van der Waals surface area contributed by atoms with Crippen LogP contribution in [-0.2, 0) is 4.79 Å². The van der Waals surface area contributed by atoms with Crippen molar-refractivity contribution in [2.75, 3.05) is 0 Å². The van der Waals surface area contributed by atoms with E-state index in [-0.39, 0.29) is 0 Å². The molecule has 0 aliphatic carbocycles. The van der Waals surface area contributed by atoms with E-state index in [9.17, 15) is 4.79 Å². The van der Waals surface area contributed by atoms with Crippen molar-refractivity contribution in [2.24, 2.45) is 5.73 Å². The van der Waals surface area contributed by atoms with Crippen molar-refractivity contribution in [2.45, 2.75) is 0 Å². The molecule has 0 aliphatic heterocycles. The van der Waals surface area contributed by atoms with Gasteiger partial charge in [-0.2, -0.15) is 0 Å². The molecule has 0 aliphatic rings. The molecule has 0 spiro atoms. The fourth-order valence-electron chi connectivity index (χ4n) is 0.413. The van der Waals surface area contributed by atoms with Crippen molar-refractivity contribution >= 4 is 22.2 Å². The lowest BCUT2D eigenvalue weighted by Gasteiger charge is -1.86. The number of aldehydes is 1.